The third-order valence-corrected chi connectivity index (χ3v) is 4.18. The molecule has 5 heteroatoms. The van der Waals surface area contributed by atoms with E-state index in [1.807, 2.05) is 24.3 Å². The van der Waals surface area contributed by atoms with Gasteiger partial charge in [-0.05, 0) is 25.3 Å². The van der Waals surface area contributed by atoms with Crippen LogP contribution in [0.5, 0.6) is 5.75 Å². The smallest absolute Gasteiger partial charge is 0.324 e. The number of hydrogen-bond donors (Lipinski definition) is 1. The first kappa shape index (κ1) is 13.0. The summed E-state index contributed by atoms with van der Waals surface area (Å²) >= 11 is 0. The lowest BCUT2D eigenvalue weighted by atomic mass is 9.83. The monoisotopic (exact) mass is 274 g/mol. The van der Waals surface area contributed by atoms with Crippen molar-refractivity contribution in [3.05, 3.63) is 29.8 Å². The number of imide groups is 1. The predicted octanol–water partition coefficient (Wildman–Crippen LogP) is 1.88. The van der Waals surface area contributed by atoms with E-state index in [4.69, 9.17) is 4.74 Å². The Labute approximate surface area is 117 Å². The molecule has 2 saturated heterocycles. The largest absolute Gasteiger partial charge is 0.496 e. The number of methoxy groups -OCH3 is 1. The molecule has 0 spiro atoms. The number of piperidine rings is 1. The fourth-order valence-electron chi connectivity index (χ4n) is 3.26. The molecule has 0 aliphatic carbocycles. The summed E-state index contributed by atoms with van der Waals surface area (Å²) < 4.78 is 5.37. The number of ether oxygens (including phenoxy) is 1. The van der Waals surface area contributed by atoms with Gasteiger partial charge in [-0.3, -0.25) is 10.1 Å². The zero-order valence-electron chi connectivity index (χ0n) is 11.5. The van der Waals surface area contributed by atoms with E-state index in [0.717, 1.165) is 31.4 Å². The number of urea groups is 1. The van der Waals surface area contributed by atoms with Crippen molar-refractivity contribution in [2.45, 2.75) is 31.2 Å². The Kier molecular flexibility index (Phi) is 3.34. The van der Waals surface area contributed by atoms with Crippen LogP contribution in [0.4, 0.5) is 4.79 Å². The molecule has 0 unspecified atom stereocenters. The van der Waals surface area contributed by atoms with E-state index in [-0.39, 0.29) is 23.9 Å². The van der Waals surface area contributed by atoms with Crippen molar-refractivity contribution in [2.75, 3.05) is 13.7 Å². The average Bonchev–Trinajstić information content (AvgIpc) is 2.48. The predicted molar refractivity (Wildman–Crippen MR) is 73.6 cm³/mol. The van der Waals surface area contributed by atoms with Gasteiger partial charge in [-0.25, -0.2) is 4.79 Å². The number of amides is 3. The number of para-hydroxylation sites is 1. The average molecular weight is 274 g/mol. The highest BCUT2D eigenvalue weighted by atomic mass is 16.5. The van der Waals surface area contributed by atoms with Crippen LogP contribution in [0.1, 0.15) is 30.7 Å². The molecule has 0 saturated carbocycles. The van der Waals surface area contributed by atoms with Crippen molar-refractivity contribution >= 4 is 11.9 Å². The second-order valence-corrected chi connectivity index (χ2v) is 5.27. The molecule has 2 fully saturated rings. The summed E-state index contributed by atoms with van der Waals surface area (Å²) in [5.41, 5.74) is 0.858. The zero-order chi connectivity index (χ0) is 14.1. The number of rotatable bonds is 2. The molecule has 3 amide bonds. The lowest BCUT2D eigenvalue weighted by molar-refractivity contribution is -0.125. The van der Waals surface area contributed by atoms with Crippen molar-refractivity contribution in [1.29, 1.82) is 0 Å². The van der Waals surface area contributed by atoms with Gasteiger partial charge in [-0.15, -0.1) is 0 Å². The minimum Gasteiger partial charge on any atom is -0.496 e. The Hall–Kier alpha value is -2.04. The second kappa shape index (κ2) is 5.15. The van der Waals surface area contributed by atoms with E-state index in [2.05, 4.69) is 5.32 Å². The molecule has 2 aliphatic heterocycles. The van der Waals surface area contributed by atoms with E-state index < -0.39 is 0 Å². The van der Waals surface area contributed by atoms with Crippen LogP contribution in [0.3, 0.4) is 0 Å². The van der Waals surface area contributed by atoms with Crippen LogP contribution in [0.25, 0.3) is 0 Å². The summed E-state index contributed by atoms with van der Waals surface area (Å²) in [6, 6.07) is 7.23. The molecule has 20 heavy (non-hydrogen) atoms. The van der Waals surface area contributed by atoms with Crippen molar-refractivity contribution in [1.82, 2.24) is 10.2 Å². The van der Waals surface area contributed by atoms with Gasteiger partial charge in [0.2, 0.25) is 5.91 Å². The number of benzene rings is 1. The molecule has 3 rings (SSSR count). The molecule has 0 aromatic heterocycles. The van der Waals surface area contributed by atoms with Gasteiger partial charge in [0.25, 0.3) is 0 Å². The molecule has 0 bridgehead atoms. The van der Waals surface area contributed by atoms with Crippen LogP contribution in [-0.4, -0.2) is 36.5 Å². The molecule has 2 heterocycles. The Balaban J connectivity index is 2.01. The van der Waals surface area contributed by atoms with Crippen molar-refractivity contribution in [2.24, 2.45) is 0 Å². The van der Waals surface area contributed by atoms with Crippen molar-refractivity contribution in [3.63, 3.8) is 0 Å². The molecular weight excluding hydrogens is 256 g/mol. The van der Waals surface area contributed by atoms with Crippen molar-refractivity contribution < 1.29 is 14.3 Å². The van der Waals surface area contributed by atoms with E-state index in [9.17, 15) is 9.59 Å². The van der Waals surface area contributed by atoms with Crippen molar-refractivity contribution in [3.8, 4) is 5.75 Å². The summed E-state index contributed by atoms with van der Waals surface area (Å²) in [4.78, 5) is 26.0. The number of fused-ring (bicyclic) bond motifs is 1. The standard InChI is InChI=1S/C15H18N2O3/c1-20-12-8-3-2-6-10(12)13-11-7-4-5-9-17(11)15(19)16-14(13)18/h2-3,6,8,11,13H,4-5,7,9H2,1H3,(H,16,18,19)/t11-,13-/m0/s1. The quantitative estimate of drug-likeness (QED) is 0.896. The number of nitrogens with zero attached hydrogens (tertiary/aromatic N) is 1. The van der Waals surface area contributed by atoms with E-state index >= 15 is 0 Å². The van der Waals surface area contributed by atoms with E-state index in [1.165, 1.54) is 0 Å². The minimum absolute atomic E-state index is 0.0544. The SMILES string of the molecule is COc1ccccc1[C@@H]1C(=O)NC(=O)N2CCCC[C@@H]12. The maximum Gasteiger partial charge on any atom is 0.324 e. The maximum absolute atomic E-state index is 12.3. The first-order valence-electron chi connectivity index (χ1n) is 6.96. The summed E-state index contributed by atoms with van der Waals surface area (Å²) in [5.74, 6) is 0.138. The number of carbonyl (C=O) groups is 2. The summed E-state index contributed by atoms with van der Waals surface area (Å²) in [6.07, 6.45) is 2.91. The normalized spacial score (nSPS) is 25.9. The molecule has 1 N–H and O–H groups in total. The van der Waals surface area contributed by atoms with Crippen LogP contribution < -0.4 is 10.1 Å². The van der Waals surface area contributed by atoms with Gasteiger partial charge in [0, 0.05) is 18.2 Å². The Bertz CT molecular complexity index is 544. The van der Waals surface area contributed by atoms with Crippen LogP contribution in [0, 0.1) is 0 Å². The Morgan fingerprint density at radius 2 is 2.05 bits per heavy atom. The summed E-state index contributed by atoms with van der Waals surface area (Å²) in [7, 11) is 1.60. The fraction of sp³-hybridized carbons (Fsp3) is 0.467. The topological polar surface area (TPSA) is 58.6 Å². The van der Waals surface area contributed by atoms with Gasteiger partial charge < -0.3 is 9.64 Å². The van der Waals surface area contributed by atoms with E-state index in [1.54, 1.807) is 12.0 Å². The fourth-order valence-corrected chi connectivity index (χ4v) is 3.26. The summed E-state index contributed by atoms with van der Waals surface area (Å²) in [5, 5.41) is 2.47. The van der Waals surface area contributed by atoms with Crippen LogP contribution >= 0.6 is 0 Å². The maximum atomic E-state index is 12.3. The Morgan fingerprint density at radius 1 is 1.25 bits per heavy atom. The molecule has 1 aromatic carbocycles. The third kappa shape index (κ3) is 2.03. The van der Waals surface area contributed by atoms with Gasteiger partial charge in [0.1, 0.15) is 5.75 Å². The van der Waals surface area contributed by atoms with Crippen LogP contribution in [0.2, 0.25) is 0 Å². The highest BCUT2D eigenvalue weighted by Crippen LogP contribution is 2.37. The number of nitrogens with one attached hydrogen (secondary N) is 1. The molecular formula is C15H18N2O3. The van der Waals surface area contributed by atoms with Crippen LogP contribution in [0.15, 0.2) is 24.3 Å². The number of hydrogen-bond acceptors (Lipinski definition) is 3. The van der Waals surface area contributed by atoms with Gasteiger partial charge in [0.15, 0.2) is 0 Å². The van der Waals surface area contributed by atoms with Gasteiger partial charge in [0.05, 0.1) is 13.0 Å². The molecule has 1 aromatic rings. The third-order valence-electron chi connectivity index (χ3n) is 4.18. The molecule has 2 aliphatic rings. The van der Waals surface area contributed by atoms with Gasteiger partial charge >= 0.3 is 6.03 Å². The van der Waals surface area contributed by atoms with Gasteiger partial charge in [-0.1, -0.05) is 18.2 Å². The Morgan fingerprint density at radius 3 is 2.85 bits per heavy atom. The molecule has 106 valence electrons. The first-order chi connectivity index (χ1) is 9.72. The number of carbonyl (C=O) groups excluding carboxylic acids is 2. The summed E-state index contributed by atoms with van der Waals surface area (Å²) in [6.45, 7) is 0.718. The van der Waals surface area contributed by atoms with E-state index in [0.29, 0.717) is 5.75 Å². The highest BCUT2D eigenvalue weighted by molar-refractivity contribution is 6.01. The van der Waals surface area contributed by atoms with Gasteiger partial charge in [-0.2, -0.15) is 0 Å². The van der Waals surface area contributed by atoms with Crippen LogP contribution in [-0.2, 0) is 4.79 Å². The second-order valence-electron chi connectivity index (χ2n) is 5.27. The first-order valence-corrected chi connectivity index (χ1v) is 6.96. The minimum atomic E-state index is -0.343. The lowest BCUT2D eigenvalue weighted by Crippen LogP contribution is -2.60. The molecule has 2 atom stereocenters. The lowest BCUT2D eigenvalue weighted by Gasteiger charge is -2.43. The molecule has 0 radical (unpaired) electrons. The highest BCUT2D eigenvalue weighted by Gasteiger charge is 2.43. The molecule has 5 nitrogen and oxygen atoms in total. The zero-order valence-corrected chi connectivity index (χ0v) is 11.5.